The summed E-state index contributed by atoms with van der Waals surface area (Å²) in [7, 11) is -3.88. The second-order valence-corrected chi connectivity index (χ2v) is 9.21. The van der Waals surface area contributed by atoms with Crippen LogP contribution in [-0.4, -0.2) is 32.8 Å². The van der Waals surface area contributed by atoms with Gasteiger partial charge in [0, 0.05) is 6.07 Å². The van der Waals surface area contributed by atoms with E-state index in [-0.39, 0.29) is 18.0 Å². The number of nitrogens with zero attached hydrogens (tertiary/aromatic N) is 1. The third-order valence-electron chi connectivity index (χ3n) is 4.71. The minimum atomic E-state index is -3.88. The van der Waals surface area contributed by atoms with Gasteiger partial charge in [-0.2, -0.15) is 0 Å². The normalized spacial score (nSPS) is 16.0. The van der Waals surface area contributed by atoms with Gasteiger partial charge in [0.15, 0.2) is 0 Å². The maximum Gasteiger partial charge on any atom is 0.264 e. The Labute approximate surface area is 180 Å². The lowest BCUT2D eigenvalue weighted by Crippen LogP contribution is -2.45. The second-order valence-electron chi connectivity index (χ2n) is 6.94. The van der Waals surface area contributed by atoms with E-state index >= 15 is 0 Å². The fourth-order valence-electron chi connectivity index (χ4n) is 3.24. The first-order chi connectivity index (χ1) is 14.4. The molecule has 0 radical (unpaired) electrons. The van der Waals surface area contributed by atoms with Crippen molar-refractivity contribution in [3.05, 3.63) is 77.3 Å². The smallest absolute Gasteiger partial charge is 0.264 e. The quantitative estimate of drug-likeness (QED) is 0.630. The predicted octanol–water partition coefficient (Wildman–Crippen LogP) is 4.39. The standard InChI is InChI=1S/C22H20ClNO5S/c1-15-5-4-6-18(11-15)30(26,27)24-13-17(14-25)29-22-10-9-16(12-20(22)24)28-21-8-3-2-7-19(21)23/h2-12,17,25H,13-14H2,1H3/t17-/m1/s1. The van der Waals surface area contributed by atoms with Gasteiger partial charge < -0.3 is 14.6 Å². The molecule has 0 unspecified atom stereocenters. The summed E-state index contributed by atoms with van der Waals surface area (Å²) < 4.78 is 39.7. The zero-order valence-corrected chi connectivity index (χ0v) is 17.7. The molecule has 1 aliphatic rings. The minimum Gasteiger partial charge on any atom is -0.484 e. The number of ether oxygens (including phenoxy) is 2. The van der Waals surface area contributed by atoms with Crippen molar-refractivity contribution in [1.29, 1.82) is 0 Å². The number of aryl methyl sites for hydroxylation is 1. The molecule has 3 aromatic rings. The summed E-state index contributed by atoms with van der Waals surface area (Å²) >= 11 is 6.17. The molecule has 0 spiro atoms. The van der Waals surface area contributed by atoms with E-state index in [4.69, 9.17) is 21.1 Å². The molecule has 0 aliphatic carbocycles. The molecule has 8 heteroatoms. The van der Waals surface area contributed by atoms with Crippen molar-refractivity contribution in [3.63, 3.8) is 0 Å². The Morgan fingerprint density at radius 3 is 2.67 bits per heavy atom. The Kier molecular flexibility index (Phi) is 5.60. The lowest BCUT2D eigenvalue weighted by Gasteiger charge is -2.35. The molecular formula is C22H20ClNO5S. The Balaban J connectivity index is 1.77. The summed E-state index contributed by atoms with van der Waals surface area (Å²) in [5.74, 6) is 1.22. The molecule has 156 valence electrons. The third-order valence-corrected chi connectivity index (χ3v) is 6.80. The van der Waals surface area contributed by atoms with E-state index in [1.54, 1.807) is 60.7 Å². The van der Waals surface area contributed by atoms with Crippen LogP contribution in [0, 0.1) is 6.92 Å². The zero-order chi connectivity index (χ0) is 21.3. The number of anilines is 1. The topological polar surface area (TPSA) is 76.1 Å². The molecule has 1 N–H and O–H groups in total. The van der Waals surface area contributed by atoms with Crippen LogP contribution in [0.4, 0.5) is 5.69 Å². The van der Waals surface area contributed by atoms with Crippen LogP contribution in [0.3, 0.4) is 0 Å². The van der Waals surface area contributed by atoms with E-state index < -0.39 is 16.1 Å². The number of benzene rings is 3. The van der Waals surface area contributed by atoms with Gasteiger partial charge in [0.05, 0.1) is 28.8 Å². The first kappa shape index (κ1) is 20.5. The minimum absolute atomic E-state index is 0.0185. The summed E-state index contributed by atoms with van der Waals surface area (Å²) in [6.45, 7) is 1.50. The van der Waals surface area contributed by atoms with Gasteiger partial charge in [-0.3, -0.25) is 4.31 Å². The van der Waals surface area contributed by atoms with Gasteiger partial charge >= 0.3 is 0 Å². The van der Waals surface area contributed by atoms with E-state index in [9.17, 15) is 13.5 Å². The van der Waals surface area contributed by atoms with Crippen molar-refractivity contribution < 1.29 is 23.0 Å². The third kappa shape index (κ3) is 3.96. The van der Waals surface area contributed by atoms with Crippen LogP contribution in [0.2, 0.25) is 5.02 Å². The second kappa shape index (κ2) is 8.18. The number of sulfonamides is 1. The number of halogens is 1. The van der Waals surface area contributed by atoms with Crippen LogP contribution in [-0.2, 0) is 10.0 Å². The molecule has 0 bridgehead atoms. The summed E-state index contributed by atoms with van der Waals surface area (Å²) in [5.41, 5.74) is 1.17. The Bertz CT molecular complexity index is 1180. The van der Waals surface area contributed by atoms with Gasteiger partial charge in [-0.1, -0.05) is 35.9 Å². The average molecular weight is 446 g/mol. The molecule has 1 aliphatic heterocycles. The molecule has 6 nitrogen and oxygen atoms in total. The first-order valence-corrected chi connectivity index (χ1v) is 11.1. The number of para-hydroxylation sites is 1. The highest BCUT2D eigenvalue weighted by Gasteiger charge is 2.34. The summed E-state index contributed by atoms with van der Waals surface area (Å²) in [6.07, 6.45) is -0.674. The van der Waals surface area contributed by atoms with Crippen molar-refractivity contribution in [2.24, 2.45) is 0 Å². The summed E-state index contributed by atoms with van der Waals surface area (Å²) in [6, 6.07) is 18.6. The number of aliphatic hydroxyl groups is 1. The summed E-state index contributed by atoms with van der Waals surface area (Å²) in [4.78, 5) is 0.171. The van der Waals surface area contributed by atoms with Gasteiger partial charge in [0.2, 0.25) is 0 Å². The van der Waals surface area contributed by atoms with Gasteiger partial charge in [0.1, 0.15) is 23.4 Å². The molecule has 0 saturated heterocycles. The van der Waals surface area contributed by atoms with Crippen LogP contribution in [0.25, 0.3) is 0 Å². The van der Waals surface area contributed by atoms with Gasteiger partial charge in [-0.15, -0.1) is 0 Å². The molecule has 0 amide bonds. The highest BCUT2D eigenvalue weighted by Crippen LogP contribution is 2.41. The molecule has 30 heavy (non-hydrogen) atoms. The summed E-state index contributed by atoms with van der Waals surface area (Å²) in [5, 5.41) is 10.0. The Morgan fingerprint density at radius 2 is 1.93 bits per heavy atom. The fourth-order valence-corrected chi connectivity index (χ4v) is 5.01. The van der Waals surface area contributed by atoms with Crippen molar-refractivity contribution in [1.82, 2.24) is 0 Å². The molecule has 0 aromatic heterocycles. The van der Waals surface area contributed by atoms with Crippen molar-refractivity contribution >= 4 is 27.3 Å². The van der Waals surface area contributed by atoms with Gasteiger partial charge in [-0.25, -0.2) is 8.42 Å². The van der Waals surface area contributed by atoms with E-state index in [0.29, 0.717) is 28.0 Å². The van der Waals surface area contributed by atoms with Crippen molar-refractivity contribution in [2.45, 2.75) is 17.9 Å². The Morgan fingerprint density at radius 1 is 1.13 bits per heavy atom. The predicted molar refractivity (Wildman–Crippen MR) is 115 cm³/mol. The maximum absolute atomic E-state index is 13.4. The monoisotopic (exact) mass is 445 g/mol. The largest absolute Gasteiger partial charge is 0.484 e. The molecule has 3 aromatic carbocycles. The van der Waals surface area contributed by atoms with Crippen molar-refractivity contribution in [2.75, 3.05) is 17.5 Å². The van der Waals surface area contributed by atoms with Crippen LogP contribution < -0.4 is 13.8 Å². The van der Waals surface area contributed by atoms with E-state index in [1.807, 2.05) is 13.0 Å². The number of aliphatic hydroxyl groups excluding tert-OH is 1. The number of fused-ring (bicyclic) bond motifs is 1. The van der Waals surface area contributed by atoms with Crippen LogP contribution >= 0.6 is 11.6 Å². The number of hydrogen-bond donors (Lipinski definition) is 1. The van der Waals surface area contributed by atoms with Crippen LogP contribution in [0.1, 0.15) is 5.56 Å². The lowest BCUT2D eigenvalue weighted by molar-refractivity contribution is 0.116. The maximum atomic E-state index is 13.4. The Hall–Kier alpha value is -2.74. The molecule has 1 atom stereocenters. The molecule has 0 fully saturated rings. The molecule has 0 saturated carbocycles. The molecule has 4 rings (SSSR count). The number of hydrogen-bond acceptors (Lipinski definition) is 5. The van der Waals surface area contributed by atoms with E-state index in [0.717, 1.165) is 5.56 Å². The highest BCUT2D eigenvalue weighted by molar-refractivity contribution is 7.92. The zero-order valence-electron chi connectivity index (χ0n) is 16.2. The highest BCUT2D eigenvalue weighted by atomic mass is 35.5. The SMILES string of the molecule is Cc1cccc(S(=O)(=O)N2C[C@H](CO)Oc3ccc(Oc4ccccc4Cl)cc32)c1. The fraction of sp³-hybridized carbons (Fsp3) is 0.182. The average Bonchev–Trinajstić information content (AvgIpc) is 2.74. The molecule has 1 heterocycles. The van der Waals surface area contributed by atoms with Crippen molar-refractivity contribution in [3.8, 4) is 17.2 Å². The van der Waals surface area contributed by atoms with Gasteiger partial charge in [-0.05, 0) is 48.9 Å². The van der Waals surface area contributed by atoms with E-state index in [1.165, 1.54) is 4.31 Å². The van der Waals surface area contributed by atoms with E-state index in [2.05, 4.69) is 0 Å². The molecular weight excluding hydrogens is 426 g/mol. The lowest BCUT2D eigenvalue weighted by atomic mass is 10.2. The first-order valence-electron chi connectivity index (χ1n) is 9.32. The van der Waals surface area contributed by atoms with Gasteiger partial charge in [0.25, 0.3) is 10.0 Å². The number of rotatable bonds is 5. The van der Waals surface area contributed by atoms with Crippen LogP contribution in [0.5, 0.6) is 17.2 Å². The van der Waals surface area contributed by atoms with Crippen LogP contribution in [0.15, 0.2) is 71.6 Å².